The Morgan fingerprint density at radius 3 is 2.83 bits per heavy atom. The van der Waals surface area contributed by atoms with E-state index in [1.807, 2.05) is 21.7 Å². The van der Waals surface area contributed by atoms with Crippen molar-refractivity contribution in [1.29, 1.82) is 0 Å². The van der Waals surface area contributed by atoms with E-state index in [1.54, 1.807) is 11.3 Å². The Kier molecular flexibility index (Phi) is 4.63. The van der Waals surface area contributed by atoms with Crippen molar-refractivity contribution in [3.05, 3.63) is 52.0 Å². The minimum atomic E-state index is 0.121. The topological polar surface area (TPSA) is 36.4 Å². The Labute approximate surface area is 147 Å². The highest BCUT2D eigenvalue weighted by molar-refractivity contribution is 7.08. The summed E-state index contributed by atoms with van der Waals surface area (Å²) in [5.74, 6) is 0.144. The molecule has 0 aromatic carbocycles. The average molecular weight is 341 g/mol. The lowest BCUT2D eigenvalue weighted by molar-refractivity contribution is 0.0733. The number of amides is 1. The molecule has 0 spiro atoms. The van der Waals surface area contributed by atoms with Gasteiger partial charge in [-0.3, -0.25) is 14.7 Å². The van der Waals surface area contributed by atoms with E-state index < -0.39 is 0 Å². The molecule has 2 aliphatic rings. The Morgan fingerprint density at radius 2 is 2.04 bits per heavy atom. The van der Waals surface area contributed by atoms with E-state index in [0.717, 1.165) is 42.9 Å². The van der Waals surface area contributed by atoms with Crippen LogP contribution in [0.5, 0.6) is 0 Å². The van der Waals surface area contributed by atoms with E-state index in [-0.39, 0.29) is 11.9 Å². The van der Waals surface area contributed by atoms with Crippen molar-refractivity contribution in [3.8, 4) is 0 Å². The van der Waals surface area contributed by atoms with Gasteiger partial charge in [0.25, 0.3) is 5.91 Å². The molecule has 4 rings (SSSR count). The number of rotatable bonds is 4. The molecule has 1 atom stereocenters. The van der Waals surface area contributed by atoms with Crippen LogP contribution in [-0.2, 0) is 6.54 Å². The third kappa shape index (κ3) is 3.23. The third-order valence-electron chi connectivity index (χ3n) is 5.04. The molecule has 0 N–H and O–H groups in total. The Hall–Kier alpha value is -1.72. The molecule has 4 nitrogen and oxygen atoms in total. The Balaban J connectivity index is 1.52. The summed E-state index contributed by atoms with van der Waals surface area (Å²) in [7, 11) is 0. The SMILES string of the molecule is O=C(c1ccsc1)N1CCC[C@@H]1c1cccc(CN2CCCC2)n1. The second-order valence-electron chi connectivity index (χ2n) is 6.71. The van der Waals surface area contributed by atoms with Crippen LogP contribution in [0.25, 0.3) is 0 Å². The largest absolute Gasteiger partial charge is 0.330 e. The third-order valence-corrected chi connectivity index (χ3v) is 5.72. The second-order valence-corrected chi connectivity index (χ2v) is 7.49. The maximum Gasteiger partial charge on any atom is 0.255 e. The van der Waals surface area contributed by atoms with Crippen molar-refractivity contribution in [1.82, 2.24) is 14.8 Å². The first-order valence-electron chi connectivity index (χ1n) is 8.82. The monoisotopic (exact) mass is 341 g/mol. The van der Waals surface area contributed by atoms with E-state index in [2.05, 4.69) is 23.1 Å². The van der Waals surface area contributed by atoms with Crippen molar-refractivity contribution in [3.63, 3.8) is 0 Å². The zero-order valence-corrected chi connectivity index (χ0v) is 14.7. The van der Waals surface area contributed by atoms with Gasteiger partial charge >= 0.3 is 0 Å². The summed E-state index contributed by atoms with van der Waals surface area (Å²) in [5.41, 5.74) is 2.98. The first kappa shape index (κ1) is 15.8. The molecular weight excluding hydrogens is 318 g/mol. The van der Waals surface area contributed by atoms with E-state index in [4.69, 9.17) is 4.98 Å². The summed E-state index contributed by atoms with van der Waals surface area (Å²) < 4.78 is 0. The van der Waals surface area contributed by atoms with Gasteiger partial charge in [0.05, 0.1) is 23.0 Å². The maximum atomic E-state index is 12.8. The summed E-state index contributed by atoms with van der Waals surface area (Å²) in [6.45, 7) is 4.12. The smallest absolute Gasteiger partial charge is 0.255 e. The Bertz CT molecular complexity index is 694. The lowest BCUT2D eigenvalue weighted by Gasteiger charge is -2.24. The molecule has 2 aromatic heterocycles. The molecule has 1 amide bonds. The predicted octanol–water partition coefficient (Wildman–Crippen LogP) is 3.72. The molecule has 0 aliphatic carbocycles. The summed E-state index contributed by atoms with van der Waals surface area (Å²) in [5, 5.41) is 3.90. The number of carbonyl (C=O) groups is 1. The molecule has 2 fully saturated rings. The minimum Gasteiger partial charge on any atom is -0.330 e. The predicted molar refractivity (Wildman–Crippen MR) is 96.1 cm³/mol. The van der Waals surface area contributed by atoms with Crippen LogP contribution in [0.4, 0.5) is 0 Å². The number of carbonyl (C=O) groups excluding carboxylic acids is 1. The minimum absolute atomic E-state index is 0.121. The van der Waals surface area contributed by atoms with Gasteiger partial charge in [-0.05, 0) is 62.4 Å². The molecular formula is C19H23N3OS. The zero-order chi connectivity index (χ0) is 16.4. The zero-order valence-electron chi connectivity index (χ0n) is 13.9. The standard InChI is InChI=1S/C19H23N3OS/c23-19(15-8-12-24-14-15)22-11-4-7-18(22)17-6-3-5-16(20-17)13-21-9-1-2-10-21/h3,5-6,8,12,14,18H,1-2,4,7,9-11,13H2/t18-/m1/s1. The van der Waals surface area contributed by atoms with E-state index >= 15 is 0 Å². The van der Waals surface area contributed by atoms with Crippen molar-refractivity contribution in [2.24, 2.45) is 0 Å². The second kappa shape index (κ2) is 7.03. The van der Waals surface area contributed by atoms with Crippen molar-refractivity contribution < 1.29 is 4.79 Å². The van der Waals surface area contributed by atoms with Gasteiger partial charge in [0.1, 0.15) is 0 Å². The van der Waals surface area contributed by atoms with Crippen LogP contribution < -0.4 is 0 Å². The number of nitrogens with zero attached hydrogens (tertiary/aromatic N) is 3. The van der Waals surface area contributed by atoms with Gasteiger partial charge in [-0.1, -0.05) is 6.07 Å². The molecule has 0 radical (unpaired) electrons. The number of hydrogen-bond acceptors (Lipinski definition) is 4. The fourth-order valence-electron chi connectivity index (χ4n) is 3.81. The van der Waals surface area contributed by atoms with Crippen molar-refractivity contribution in [2.75, 3.05) is 19.6 Å². The number of likely N-dealkylation sites (tertiary alicyclic amines) is 2. The molecule has 2 saturated heterocycles. The molecule has 2 aliphatic heterocycles. The number of thiophene rings is 1. The quantitative estimate of drug-likeness (QED) is 0.850. The van der Waals surface area contributed by atoms with Gasteiger partial charge in [-0.2, -0.15) is 11.3 Å². The highest BCUT2D eigenvalue weighted by atomic mass is 32.1. The fraction of sp³-hybridized carbons (Fsp3) is 0.474. The molecule has 0 unspecified atom stereocenters. The lowest BCUT2D eigenvalue weighted by atomic mass is 10.1. The molecule has 5 heteroatoms. The highest BCUT2D eigenvalue weighted by Crippen LogP contribution is 2.32. The normalized spacial score (nSPS) is 21.5. The van der Waals surface area contributed by atoms with Gasteiger partial charge in [-0.25, -0.2) is 0 Å². The van der Waals surface area contributed by atoms with E-state index in [1.165, 1.54) is 25.9 Å². The molecule has 0 bridgehead atoms. The van der Waals surface area contributed by atoms with Gasteiger partial charge in [-0.15, -0.1) is 0 Å². The van der Waals surface area contributed by atoms with Gasteiger partial charge in [0.2, 0.25) is 0 Å². The average Bonchev–Trinajstić information content (AvgIpc) is 3.36. The fourth-order valence-corrected chi connectivity index (χ4v) is 4.44. The molecule has 24 heavy (non-hydrogen) atoms. The number of hydrogen-bond donors (Lipinski definition) is 0. The first-order chi connectivity index (χ1) is 11.8. The maximum absolute atomic E-state index is 12.8. The summed E-state index contributed by atoms with van der Waals surface area (Å²) in [4.78, 5) is 22.1. The summed E-state index contributed by atoms with van der Waals surface area (Å²) in [6, 6.07) is 8.33. The van der Waals surface area contributed by atoms with Crippen molar-refractivity contribution >= 4 is 17.2 Å². The molecule has 0 saturated carbocycles. The van der Waals surface area contributed by atoms with Gasteiger partial charge in [0.15, 0.2) is 0 Å². The lowest BCUT2D eigenvalue weighted by Crippen LogP contribution is -2.31. The van der Waals surface area contributed by atoms with Crippen LogP contribution in [0.2, 0.25) is 0 Å². The Morgan fingerprint density at radius 1 is 1.17 bits per heavy atom. The van der Waals surface area contributed by atoms with Crippen LogP contribution >= 0.6 is 11.3 Å². The van der Waals surface area contributed by atoms with E-state index in [9.17, 15) is 4.79 Å². The number of aromatic nitrogens is 1. The van der Waals surface area contributed by atoms with E-state index in [0.29, 0.717) is 0 Å². The van der Waals surface area contributed by atoms with Gasteiger partial charge in [0, 0.05) is 18.5 Å². The van der Waals surface area contributed by atoms with Crippen LogP contribution in [0.1, 0.15) is 53.5 Å². The number of pyridine rings is 1. The van der Waals surface area contributed by atoms with Gasteiger partial charge < -0.3 is 4.90 Å². The molecule has 2 aromatic rings. The molecule has 4 heterocycles. The van der Waals surface area contributed by atoms with Crippen LogP contribution in [0, 0.1) is 0 Å². The summed E-state index contributed by atoms with van der Waals surface area (Å²) >= 11 is 1.58. The summed E-state index contributed by atoms with van der Waals surface area (Å²) in [6.07, 6.45) is 4.66. The van der Waals surface area contributed by atoms with Crippen LogP contribution in [0.15, 0.2) is 35.0 Å². The van der Waals surface area contributed by atoms with Crippen LogP contribution in [0.3, 0.4) is 0 Å². The van der Waals surface area contributed by atoms with Crippen LogP contribution in [-0.4, -0.2) is 40.3 Å². The molecule has 126 valence electrons. The highest BCUT2D eigenvalue weighted by Gasteiger charge is 2.31. The first-order valence-corrected chi connectivity index (χ1v) is 9.77. The van der Waals surface area contributed by atoms with Crippen molar-refractivity contribution in [2.45, 2.75) is 38.3 Å².